The van der Waals surface area contributed by atoms with Gasteiger partial charge < -0.3 is 16.0 Å². The van der Waals surface area contributed by atoms with Crippen molar-refractivity contribution in [3.05, 3.63) is 42.2 Å². The number of anilines is 3. The van der Waals surface area contributed by atoms with Crippen LogP contribution in [-0.4, -0.2) is 39.2 Å². The molecule has 1 aromatic carbocycles. The van der Waals surface area contributed by atoms with Gasteiger partial charge in [-0.05, 0) is 43.4 Å². The second kappa shape index (κ2) is 6.96. The molecule has 0 atom stereocenters. The average molecular weight is 337 g/mol. The summed E-state index contributed by atoms with van der Waals surface area (Å²) in [5.41, 5.74) is 8.59. The Bertz CT molecular complexity index is 834. The molecule has 0 spiro atoms. The summed E-state index contributed by atoms with van der Waals surface area (Å²) in [6.45, 7) is 3.15. The smallest absolute Gasteiger partial charge is 0.256 e. The maximum absolute atomic E-state index is 5.95. The van der Waals surface area contributed by atoms with Crippen LogP contribution < -0.4 is 16.0 Å². The van der Waals surface area contributed by atoms with Crippen molar-refractivity contribution in [2.45, 2.75) is 25.7 Å². The van der Waals surface area contributed by atoms with Gasteiger partial charge >= 0.3 is 0 Å². The number of hydrogen-bond acceptors (Lipinski definition) is 6. The third kappa shape index (κ3) is 3.50. The van der Waals surface area contributed by atoms with Crippen LogP contribution >= 0.6 is 0 Å². The van der Waals surface area contributed by atoms with Gasteiger partial charge in [0.15, 0.2) is 0 Å². The van der Waals surface area contributed by atoms with Crippen LogP contribution in [0.25, 0.3) is 5.78 Å². The Morgan fingerprint density at radius 3 is 2.68 bits per heavy atom. The largest absolute Gasteiger partial charge is 0.383 e. The molecule has 0 saturated carbocycles. The second-order valence-corrected chi connectivity index (χ2v) is 6.43. The van der Waals surface area contributed by atoms with E-state index in [1.54, 1.807) is 6.07 Å². The summed E-state index contributed by atoms with van der Waals surface area (Å²) in [5, 5.41) is 7.33. The number of benzene rings is 1. The van der Waals surface area contributed by atoms with Gasteiger partial charge in [0.1, 0.15) is 18.0 Å². The van der Waals surface area contributed by atoms with Gasteiger partial charge in [-0.15, -0.1) is 0 Å². The maximum atomic E-state index is 5.95. The average Bonchev–Trinajstić information content (AvgIpc) is 3.12. The molecule has 3 aromatic rings. The number of hydrogen-bond donors (Lipinski definition) is 2. The van der Waals surface area contributed by atoms with Crippen molar-refractivity contribution in [1.29, 1.82) is 0 Å². The van der Waals surface area contributed by atoms with Crippen molar-refractivity contribution in [2.24, 2.45) is 0 Å². The first-order chi connectivity index (χ1) is 12.3. The Balaban J connectivity index is 1.34. The predicted molar refractivity (Wildman–Crippen MR) is 99.9 cm³/mol. The van der Waals surface area contributed by atoms with Gasteiger partial charge in [0.05, 0.1) is 0 Å². The molecule has 0 unspecified atom stereocenters. The summed E-state index contributed by atoms with van der Waals surface area (Å²) in [6, 6.07) is 10.7. The van der Waals surface area contributed by atoms with Crippen molar-refractivity contribution >= 4 is 23.1 Å². The van der Waals surface area contributed by atoms with Gasteiger partial charge in [-0.1, -0.05) is 12.1 Å². The third-order valence-corrected chi connectivity index (χ3v) is 4.66. The number of nitrogens with zero attached hydrogens (tertiary/aromatic N) is 5. The SMILES string of the molecule is Nc1cc(NCCc2ccc(N3CCCCC3)cc2)nc2ncnn12. The van der Waals surface area contributed by atoms with E-state index in [1.165, 1.54) is 54.4 Å². The molecule has 7 nitrogen and oxygen atoms in total. The summed E-state index contributed by atoms with van der Waals surface area (Å²) >= 11 is 0. The number of fused-ring (bicyclic) bond motifs is 1. The van der Waals surface area contributed by atoms with Crippen molar-refractivity contribution in [3.63, 3.8) is 0 Å². The molecule has 4 rings (SSSR count). The molecular weight excluding hydrogens is 314 g/mol. The Labute approximate surface area is 146 Å². The molecule has 1 aliphatic heterocycles. The first-order valence-corrected chi connectivity index (χ1v) is 8.83. The van der Waals surface area contributed by atoms with Gasteiger partial charge in [0.25, 0.3) is 5.78 Å². The molecule has 0 aliphatic carbocycles. The van der Waals surface area contributed by atoms with Crippen molar-refractivity contribution in [2.75, 3.05) is 35.6 Å². The minimum atomic E-state index is 0.508. The minimum Gasteiger partial charge on any atom is -0.383 e. The number of aromatic nitrogens is 4. The van der Waals surface area contributed by atoms with E-state index < -0.39 is 0 Å². The molecule has 7 heteroatoms. The summed E-state index contributed by atoms with van der Waals surface area (Å²) in [6.07, 6.45) is 6.35. The van der Waals surface area contributed by atoms with E-state index in [4.69, 9.17) is 5.73 Å². The zero-order valence-electron chi connectivity index (χ0n) is 14.2. The van der Waals surface area contributed by atoms with Crippen LogP contribution in [0.4, 0.5) is 17.3 Å². The van der Waals surface area contributed by atoms with Crippen molar-refractivity contribution in [1.82, 2.24) is 19.6 Å². The molecule has 130 valence electrons. The zero-order valence-corrected chi connectivity index (χ0v) is 14.2. The summed E-state index contributed by atoms with van der Waals surface area (Å²) in [7, 11) is 0. The van der Waals surface area contributed by atoms with Crippen LogP contribution in [0.15, 0.2) is 36.7 Å². The Morgan fingerprint density at radius 1 is 1.08 bits per heavy atom. The topological polar surface area (TPSA) is 84.4 Å². The van der Waals surface area contributed by atoms with Gasteiger partial charge in [0, 0.05) is 31.4 Å². The van der Waals surface area contributed by atoms with Crippen LogP contribution in [0, 0.1) is 0 Å². The number of nitrogen functional groups attached to an aromatic ring is 1. The van der Waals surface area contributed by atoms with Gasteiger partial charge in [0.2, 0.25) is 0 Å². The lowest BCUT2D eigenvalue weighted by Crippen LogP contribution is -2.29. The Hall–Kier alpha value is -2.83. The van der Waals surface area contributed by atoms with Crippen LogP contribution in [0.2, 0.25) is 0 Å². The number of nitrogens with two attached hydrogens (primary N) is 1. The molecular formula is C18H23N7. The lowest BCUT2D eigenvalue weighted by atomic mass is 10.1. The number of rotatable bonds is 5. The monoisotopic (exact) mass is 337 g/mol. The van der Waals surface area contributed by atoms with E-state index in [2.05, 4.69) is 49.5 Å². The van der Waals surface area contributed by atoms with Gasteiger partial charge in [-0.2, -0.15) is 19.6 Å². The molecule has 1 saturated heterocycles. The zero-order chi connectivity index (χ0) is 17.1. The molecule has 1 aliphatic rings. The summed E-state index contributed by atoms with van der Waals surface area (Å²) < 4.78 is 1.52. The quantitative estimate of drug-likeness (QED) is 0.743. The third-order valence-electron chi connectivity index (χ3n) is 4.66. The second-order valence-electron chi connectivity index (χ2n) is 6.43. The molecule has 25 heavy (non-hydrogen) atoms. The Kier molecular flexibility index (Phi) is 4.37. The molecule has 3 heterocycles. The maximum Gasteiger partial charge on any atom is 0.256 e. The van der Waals surface area contributed by atoms with E-state index in [-0.39, 0.29) is 0 Å². The van der Waals surface area contributed by atoms with Crippen molar-refractivity contribution in [3.8, 4) is 0 Å². The number of piperidine rings is 1. The van der Waals surface area contributed by atoms with E-state index >= 15 is 0 Å². The first kappa shape index (κ1) is 15.7. The fraction of sp³-hybridized carbons (Fsp3) is 0.389. The molecule has 0 bridgehead atoms. The molecule has 2 aromatic heterocycles. The van der Waals surface area contributed by atoms with E-state index in [9.17, 15) is 0 Å². The fourth-order valence-electron chi connectivity index (χ4n) is 3.29. The van der Waals surface area contributed by atoms with Crippen LogP contribution in [0.5, 0.6) is 0 Å². The van der Waals surface area contributed by atoms with Crippen LogP contribution in [-0.2, 0) is 6.42 Å². The molecule has 0 radical (unpaired) electrons. The van der Waals surface area contributed by atoms with Crippen LogP contribution in [0.3, 0.4) is 0 Å². The van der Waals surface area contributed by atoms with Crippen molar-refractivity contribution < 1.29 is 0 Å². The minimum absolute atomic E-state index is 0.508. The Morgan fingerprint density at radius 2 is 1.88 bits per heavy atom. The highest BCUT2D eigenvalue weighted by atomic mass is 15.3. The van der Waals surface area contributed by atoms with E-state index in [1.807, 2.05) is 0 Å². The van der Waals surface area contributed by atoms with Gasteiger partial charge in [-0.25, -0.2) is 0 Å². The summed E-state index contributed by atoms with van der Waals surface area (Å²) in [4.78, 5) is 10.9. The highest BCUT2D eigenvalue weighted by Crippen LogP contribution is 2.20. The standard InChI is InChI=1S/C18H23N7/c19-16-12-17(23-18-21-13-22-25(16)18)20-9-8-14-4-6-15(7-5-14)24-10-2-1-3-11-24/h4-7,12-13H,1-3,8-11,19H2,(H,20,21,22,23). The highest BCUT2D eigenvalue weighted by Gasteiger charge is 2.10. The molecule has 3 N–H and O–H groups in total. The lowest BCUT2D eigenvalue weighted by molar-refractivity contribution is 0.578. The first-order valence-electron chi connectivity index (χ1n) is 8.83. The van der Waals surface area contributed by atoms with E-state index in [0.29, 0.717) is 11.6 Å². The van der Waals surface area contributed by atoms with E-state index in [0.717, 1.165) is 18.8 Å². The summed E-state index contributed by atoms with van der Waals surface area (Å²) in [5.74, 6) is 1.76. The van der Waals surface area contributed by atoms with Gasteiger partial charge in [-0.3, -0.25) is 0 Å². The predicted octanol–water partition coefficient (Wildman–Crippen LogP) is 2.35. The fourth-order valence-corrected chi connectivity index (χ4v) is 3.29. The van der Waals surface area contributed by atoms with Crippen LogP contribution in [0.1, 0.15) is 24.8 Å². The molecule has 1 fully saturated rings. The normalized spacial score (nSPS) is 14.8. The molecule has 0 amide bonds. The number of nitrogens with one attached hydrogen (secondary N) is 1. The lowest BCUT2D eigenvalue weighted by Gasteiger charge is -2.28. The highest BCUT2D eigenvalue weighted by molar-refractivity contribution is 5.52.